The van der Waals surface area contributed by atoms with Crippen molar-refractivity contribution in [1.29, 1.82) is 0 Å². The summed E-state index contributed by atoms with van der Waals surface area (Å²) in [7, 11) is 0. The highest BCUT2D eigenvalue weighted by Gasteiger charge is 2.32. The van der Waals surface area contributed by atoms with Crippen LogP contribution >= 0.6 is 12.4 Å². The van der Waals surface area contributed by atoms with Gasteiger partial charge in [0.1, 0.15) is 11.4 Å². The maximum atomic E-state index is 11.8. The highest BCUT2D eigenvalue weighted by Crippen LogP contribution is 2.25. The summed E-state index contributed by atoms with van der Waals surface area (Å²) >= 11 is 0. The number of nitrogens with one attached hydrogen (secondary N) is 1. The number of rotatable bonds is 2. The topological polar surface area (TPSA) is 88.5 Å². The second-order valence-corrected chi connectivity index (χ2v) is 4.70. The number of aliphatic carboxylic acids is 1. The van der Waals surface area contributed by atoms with Gasteiger partial charge in [0.05, 0.1) is 6.61 Å². The summed E-state index contributed by atoms with van der Waals surface area (Å²) in [6, 6.07) is 1.74. The van der Waals surface area contributed by atoms with Crippen LogP contribution in [0, 0.1) is 0 Å². The van der Waals surface area contributed by atoms with Gasteiger partial charge in [0.2, 0.25) is 0 Å². The Morgan fingerprint density at radius 2 is 2.25 bits per heavy atom. The van der Waals surface area contributed by atoms with Crippen LogP contribution in [0.4, 0.5) is 5.82 Å². The van der Waals surface area contributed by atoms with Gasteiger partial charge < -0.3 is 15.2 Å². The Morgan fingerprint density at radius 3 is 2.90 bits per heavy atom. The summed E-state index contributed by atoms with van der Waals surface area (Å²) in [4.78, 5) is 26.4. The van der Waals surface area contributed by atoms with Crippen molar-refractivity contribution in [3.8, 4) is 0 Å². The number of ether oxygens (including phenoxy) is 1. The molecule has 0 aliphatic carbocycles. The molecule has 1 amide bonds. The van der Waals surface area contributed by atoms with Gasteiger partial charge in [-0.2, -0.15) is 0 Å². The van der Waals surface area contributed by atoms with E-state index in [0.717, 1.165) is 6.08 Å². The van der Waals surface area contributed by atoms with E-state index in [0.29, 0.717) is 16.9 Å². The predicted octanol–water partition coefficient (Wildman–Crippen LogP) is 1.85. The van der Waals surface area contributed by atoms with Gasteiger partial charge in [0, 0.05) is 17.8 Å². The van der Waals surface area contributed by atoms with Crippen molar-refractivity contribution >= 4 is 36.2 Å². The minimum absolute atomic E-state index is 0. The number of hydrogen-bond donors (Lipinski definition) is 2. The van der Waals surface area contributed by atoms with Gasteiger partial charge in [-0.05, 0) is 31.6 Å². The molecule has 0 saturated heterocycles. The number of carbonyl (C=O) groups excluding carboxylic acids is 1. The average molecular weight is 299 g/mol. The normalized spacial score (nSPS) is 16.8. The lowest BCUT2D eigenvalue weighted by Crippen LogP contribution is -2.38. The van der Waals surface area contributed by atoms with Crippen LogP contribution in [0.1, 0.15) is 25.0 Å². The van der Waals surface area contributed by atoms with Crippen LogP contribution in [0.5, 0.6) is 0 Å². The molecule has 0 radical (unpaired) electrons. The first-order valence-corrected chi connectivity index (χ1v) is 5.74. The number of carboxylic acid groups (broad SMARTS) is 1. The molecule has 0 unspecified atom stereocenters. The monoisotopic (exact) mass is 298 g/mol. The molecular formula is C13H15ClN2O4. The first kappa shape index (κ1) is 16.1. The maximum absolute atomic E-state index is 11.8. The van der Waals surface area contributed by atoms with Crippen LogP contribution in [-0.2, 0) is 20.9 Å². The summed E-state index contributed by atoms with van der Waals surface area (Å²) in [6.07, 6.45) is 3.97. The number of halogens is 1. The van der Waals surface area contributed by atoms with E-state index < -0.39 is 11.6 Å². The molecule has 0 saturated carbocycles. The summed E-state index contributed by atoms with van der Waals surface area (Å²) in [5.74, 6) is -0.837. The molecule has 1 aliphatic heterocycles. The van der Waals surface area contributed by atoms with Gasteiger partial charge in [-0.3, -0.25) is 4.79 Å². The van der Waals surface area contributed by atoms with Crippen molar-refractivity contribution in [2.45, 2.75) is 26.1 Å². The Balaban J connectivity index is 0.00000200. The molecule has 20 heavy (non-hydrogen) atoms. The number of aromatic nitrogens is 1. The average Bonchev–Trinajstić information content (AvgIpc) is 2.45. The van der Waals surface area contributed by atoms with E-state index >= 15 is 0 Å². The summed E-state index contributed by atoms with van der Waals surface area (Å²) in [5.41, 5.74) is 0.433. The van der Waals surface area contributed by atoms with E-state index in [1.54, 1.807) is 19.9 Å². The third kappa shape index (κ3) is 3.55. The SMILES string of the molecule is CC1(C)OCc2cc(/C=C/C(=O)O)cnc2NC1=O.Cl. The molecule has 7 heteroatoms. The van der Waals surface area contributed by atoms with Crippen molar-refractivity contribution in [3.05, 3.63) is 29.5 Å². The van der Waals surface area contributed by atoms with E-state index in [1.165, 1.54) is 12.3 Å². The van der Waals surface area contributed by atoms with Crippen molar-refractivity contribution in [2.75, 3.05) is 5.32 Å². The fraction of sp³-hybridized carbons (Fsp3) is 0.308. The van der Waals surface area contributed by atoms with E-state index in [1.807, 2.05) is 0 Å². The zero-order valence-corrected chi connectivity index (χ0v) is 11.9. The molecule has 6 nitrogen and oxygen atoms in total. The highest BCUT2D eigenvalue weighted by molar-refractivity contribution is 5.97. The van der Waals surface area contributed by atoms with Gasteiger partial charge in [0.15, 0.2) is 0 Å². The van der Waals surface area contributed by atoms with Gasteiger partial charge in [-0.25, -0.2) is 9.78 Å². The number of nitrogens with zero attached hydrogens (tertiary/aromatic N) is 1. The minimum Gasteiger partial charge on any atom is -0.478 e. The molecule has 2 heterocycles. The van der Waals surface area contributed by atoms with Crippen molar-refractivity contribution in [3.63, 3.8) is 0 Å². The number of hydrogen-bond acceptors (Lipinski definition) is 4. The number of carboxylic acids is 1. The Morgan fingerprint density at radius 1 is 1.55 bits per heavy atom. The van der Waals surface area contributed by atoms with E-state index in [4.69, 9.17) is 9.84 Å². The highest BCUT2D eigenvalue weighted by atomic mass is 35.5. The largest absolute Gasteiger partial charge is 0.478 e. The number of pyridine rings is 1. The standard InChI is InChI=1S/C13H14N2O4.ClH/c1-13(2)12(18)15-11-9(7-19-13)5-8(6-14-11)3-4-10(16)17;/h3-6H,7H2,1-2H3,(H,16,17)(H,14,15,18);1H/b4-3+;. The van der Waals surface area contributed by atoms with E-state index in [9.17, 15) is 9.59 Å². The Bertz CT molecular complexity index is 569. The minimum atomic E-state index is -1.03. The Kier molecular flexibility index (Phi) is 4.86. The maximum Gasteiger partial charge on any atom is 0.328 e. The number of anilines is 1. The van der Waals surface area contributed by atoms with Gasteiger partial charge in [-0.15, -0.1) is 12.4 Å². The summed E-state index contributed by atoms with van der Waals surface area (Å²) < 4.78 is 5.52. The molecule has 108 valence electrons. The van der Waals surface area contributed by atoms with Crippen molar-refractivity contribution < 1.29 is 19.4 Å². The molecular weight excluding hydrogens is 284 g/mol. The van der Waals surface area contributed by atoms with Crippen LogP contribution in [0.25, 0.3) is 6.08 Å². The molecule has 0 atom stereocenters. The Hall–Kier alpha value is -1.92. The third-order valence-electron chi connectivity index (χ3n) is 2.77. The predicted molar refractivity (Wildman–Crippen MR) is 75.7 cm³/mol. The number of carbonyl (C=O) groups is 2. The first-order chi connectivity index (χ1) is 8.88. The lowest BCUT2D eigenvalue weighted by Gasteiger charge is -2.19. The zero-order chi connectivity index (χ0) is 14.0. The van der Waals surface area contributed by atoms with Crippen LogP contribution in [0.3, 0.4) is 0 Å². The van der Waals surface area contributed by atoms with Crippen molar-refractivity contribution in [1.82, 2.24) is 4.98 Å². The first-order valence-electron chi connectivity index (χ1n) is 5.74. The van der Waals surface area contributed by atoms with Crippen LogP contribution in [0.2, 0.25) is 0 Å². The zero-order valence-electron chi connectivity index (χ0n) is 11.0. The quantitative estimate of drug-likeness (QED) is 0.813. The van der Waals surface area contributed by atoms with Gasteiger partial charge in [0.25, 0.3) is 5.91 Å². The van der Waals surface area contributed by atoms with Crippen LogP contribution < -0.4 is 5.32 Å². The second kappa shape index (κ2) is 6.02. The molecule has 2 N–H and O–H groups in total. The summed E-state index contributed by atoms with van der Waals surface area (Å²) in [6.45, 7) is 3.60. The van der Waals surface area contributed by atoms with Crippen LogP contribution in [-0.4, -0.2) is 27.6 Å². The summed E-state index contributed by atoms with van der Waals surface area (Å²) in [5, 5.41) is 11.3. The number of fused-ring (bicyclic) bond motifs is 1. The van der Waals surface area contributed by atoms with E-state index in [2.05, 4.69) is 10.3 Å². The van der Waals surface area contributed by atoms with E-state index in [-0.39, 0.29) is 24.9 Å². The fourth-order valence-corrected chi connectivity index (χ4v) is 1.59. The molecule has 0 fully saturated rings. The molecule has 0 bridgehead atoms. The molecule has 0 aromatic carbocycles. The third-order valence-corrected chi connectivity index (χ3v) is 2.77. The van der Waals surface area contributed by atoms with Gasteiger partial charge >= 0.3 is 5.97 Å². The smallest absolute Gasteiger partial charge is 0.328 e. The lowest BCUT2D eigenvalue weighted by atomic mass is 10.1. The number of amides is 1. The molecule has 2 rings (SSSR count). The molecule has 0 spiro atoms. The molecule has 1 aromatic heterocycles. The Labute approximate surface area is 122 Å². The molecule has 1 aliphatic rings. The van der Waals surface area contributed by atoms with Crippen LogP contribution in [0.15, 0.2) is 18.3 Å². The lowest BCUT2D eigenvalue weighted by molar-refractivity contribution is -0.137. The second-order valence-electron chi connectivity index (χ2n) is 4.70. The van der Waals surface area contributed by atoms with Gasteiger partial charge in [-0.1, -0.05) is 0 Å². The van der Waals surface area contributed by atoms with Crippen molar-refractivity contribution in [2.24, 2.45) is 0 Å². The molecule has 1 aromatic rings. The fourth-order valence-electron chi connectivity index (χ4n) is 1.59.